The Kier molecular flexibility index (Phi) is 4.64. The largest absolute Gasteiger partial charge is 0.573 e. The van der Waals surface area contributed by atoms with Gasteiger partial charge in [0.15, 0.2) is 0 Å². The van der Waals surface area contributed by atoms with Crippen LogP contribution in [0.1, 0.15) is 5.56 Å². The number of alkyl halides is 3. The molecule has 1 rings (SSSR count). The van der Waals surface area contributed by atoms with Gasteiger partial charge in [-0.05, 0) is 24.3 Å². The topological polar surface area (TPSA) is 49.8 Å². The molecule has 1 aromatic rings. The zero-order valence-corrected chi connectivity index (χ0v) is 9.86. The molecule has 0 heterocycles. The van der Waals surface area contributed by atoms with E-state index in [2.05, 4.69) is 16.6 Å². The van der Waals surface area contributed by atoms with Gasteiger partial charge in [-0.25, -0.2) is 4.79 Å². The Morgan fingerprint density at radius 2 is 1.95 bits per heavy atom. The monoisotopic (exact) mass is 273 g/mol. The highest BCUT2D eigenvalue weighted by molar-refractivity contribution is 5.64. The predicted molar refractivity (Wildman–Crippen MR) is 60.7 cm³/mol. The summed E-state index contributed by atoms with van der Waals surface area (Å²) >= 11 is 0. The number of ether oxygens (including phenoxy) is 1. The molecular weight excluding hydrogens is 263 g/mol. The van der Waals surface area contributed by atoms with Gasteiger partial charge in [-0.2, -0.15) is 0 Å². The van der Waals surface area contributed by atoms with Crippen LogP contribution in [0.5, 0.6) is 5.75 Å². The lowest BCUT2D eigenvalue weighted by atomic mass is 10.2. The average Bonchev–Trinajstić information content (AvgIpc) is 2.29. The number of benzene rings is 1. The van der Waals surface area contributed by atoms with Crippen LogP contribution in [0.4, 0.5) is 18.0 Å². The molecule has 19 heavy (non-hydrogen) atoms. The van der Waals surface area contributed by atoms with Gasteiger partial charge in [0.1, 0.15) is 5.75 Å². The minimum atomic E-state index is -4.72. The maximum atomic E-state index is 11.9. The Balaban J connectivity index is 2.63. The SMILES string of the molecule is CN(CC#Cc1ccc(OC(F)(F)F)cc1)C(=O)O. The standard InChI is InChI=1S/C12H10F3NO3/c1-16(11(17)18)8-2-3-9-4-6-10(7-5-9)19-12(13,14)15/h4-7H,8H2,1H3,(H,17,18). The first kappa shape index (κ1) is 14.7. The van der Waals surface area contributed by atoms with Crippen molar-refractivity contribution in [1.29, 1.82) is 0 Å². The third-order valence-electron chi connectivity index (χ3n) is 1.96. The summed E-state index contributed by atoms with van der Waals surface area (Å²) in [6, 6.07) is 4.99. The zero-order valence-electron chi connectivity index (χ0n) is 9.86. The number of carboxylic acid groups (broad SMARTS) is 1. The zero-order chi connectivity index (χ0) is 14.5. The van der Waals surface area contributed by atoms with Crippen LogP contribution in [0.25, 0.3) is 0 Å². The molecule has 0 fully saturated rings. The van der Waals surface area contributed by atoms with Crippen molar-refractivity contribution >= 4 is 6.09 Å². The first-order chi connectivity index (χ1) is 8.78. The number of carbonyl (C=O) groups is 1. The van der Waals surface area contributed by atoms with E-state index in [9.17, 15) is 18.0 Å². The molecule has 4 nitrogen and oxygen atoms in total. The summed E-state index contributed by atoms with van der Waals surface area (Å²) in [6.45, 7) is 0.0101. The molecule has 7 heteroatoms. The molecule has 1 amide bonds. The van der Waals surface area contributed by atoms with Crippen LogP contribution in [0.15, 0.2) is 24.3 Å². The Labute approximate surface area is 107 Å². The van der Waals surface area contributed by atoms with Crippen LogP contribution in [-0.4, -0.2) is 36.1 Å². The van der Waals surface area contributed by atoms with E-state index in [-0.39, 0.29) is 12.3 Å². The van der Waals surface area contributed by atoms with E-state index in [4.69, 9.17) is 5.11 Å². The fourth-order valence-corrected chi connectivity index (χ4v) is 1.07. The molecule has 0 radical (unpaired) electrons. The first-order valence-corrected chi connectivity index (χ1v) is 5.06. The molecule has 0 aliphatic heterocycles. The quantitative estimate of drug-likeness (QED) is 0.842. The fraction of sp³-hybridized carbons (Fsp3) is 0.250. The number of hydrogen-bond donors (Lipinski definition) is 1. The van der Waals surface area contributed by atoms with E-state index in [1.165, 1.54) is 19.2 Å². The molecule has 0 aliphatic rings. The summed E-state index contributed by atoms with van der Waals surface area (Å²) in [6.07, 6.45) is -5.83. The lowest BCUT2D eigenvalue weighted by Gasteiger charge is -2.08. The summed E-state index contributed by atoms with van der Waals surface area (Å²) in [7, 11) is 1.36. The second-order valence-corrected chi connectivity index (χ2v) is 3.51. The molecule has 0 spiro atoms. The molecule has 0 saturated carbocycles. The minimum absolute atomic E-state index is 0.0101. The average molecular weight is 273 g/mol. The van der Waals surface area contributed by atoms with Crippen molar-refractivity contribution in [2.24, 2.45) is 0 Å². The van der Waals surface area contributed by atoms with Crippen LogP contribution in [0.2, 0.25) is 0 Å². The second-order valence-electron chi connectivity index (χ2n) is 3.51. The molecule has 0 aromatic heterocycles. The van der Waals surface area contributed by atoms with Crippen LogP contribution in [0, 0.1) is 11.8 Å². The Morgan fingerprint density at radius 1 is 1.37 bits per heavy atom. The van der Waals surface area contributed by atoms with Crippen molar-refractivity contribution in [3.63, 3.8) is 0 Å². The van der Waals surface area contributed by atoms with Crippen molar-refractivity contribution in [2.45, 2.75) is 6.36 Å². The first-order valence-electron chi connectivity index (χ1n) is 5.06. The Hall–Kier alpha value is -2.36. The molecule has 1 aromatic carbocycles. The van der Waals surface area contributed by atoms with E-state index in [0.717, 1.165) is 17.0 Å². The van der Waals surface area contributed by atoms with Crippen LogP contribution in [-0.2, 0) is 0 Å². The molecule has 0 aliphatic carbocycles. The number of nitrogens with zero attached hydrogens (tertiary/aromatic N) is 1. The van der Waals surface area contributed by atoms with Gasteiger partial charge in [0.25, 0.3) is 0 Å². The highest BCUT2D eigenvalue weighted by Gasteiger charge is 2.30. The van der Waals surface area contributed by atoms with Gasteiger partial charge in [-0.3, -0.25) is 0 Å². The molecule has 0 atom stereocenters. The lowest BCUT2D eigenvalue weighted by molar-refractivity contribution is -0.274. The van der Waals surface area contributed by atoms with Gasteiger partial charge in [-0.1, -0.05) is 11.8 Å². The second kappa shape index (κ2) is 6.00. The number of rotatable bonds is 2. The highest BCUT2D eigenvalue weighted by atomic mass is 19.4. The lowest BCUT2D eigenvalue weighted by Crippen LogP contribution is -2.24. The summed E-state index contributed by atoms with van der Waals surface area (Å²) in [5.41, 5.74) is 0.466. The maximum absolute atomic E-state index is 11.9. The van der Waals surface area contributed by atoms with Crippen LogP contribution >= 0.6 is 0 Å². The summed E-state index contributed by atoms with van der Waals surface area (Å²) in [5, 5.41) is 8.56. The van der Waals surface area contributed by atoms with Gasteiger partial charge >= 0.3 is 12.5 Å². The summed E-state index contributed by atoms with van der Waals surface area (Å²) < 4.78 is 39.4. The molecule has 1 N–H and O–H groups in total. The van der Waals surface area contributed by atoms with Crippen molar-refractivity contribution in [2.75, 3.05) is 13.6 Å². The molecule has 0 saturated heterocycles. The van der Waals surface area contributed by atoms with Gasteiger partial charge in [0.2, 0.25) is 0 Å². The number of amides is 1. The van der Waals surface area contributed by atoms with E-state index >= 15 is 0 Å². The molecular formula is C12H10F3NO3. The van der Waals surface area contributed by atoms with Crippen molar-refractivity contribution in [3.05, 3.63) is 29.8 Å². The Bertz CT molecular complexity index is 500. The summed E-state index contributed by atoms with van der Waals surface area (Å²) in [5.74, 6) is 4.88. The predicted octanol–water partition coefficient (Wildman–Crippen LogP) is 2.55. The Morgan fingerprint density at radius 3 is 2.42 bits per heavy atom. The van der Waals surface area contributed by atoms with Crippen LogP contribution in [0.3, 0.4) is 0 Å². The minimum Gasteiger partial charge on any atom is -0.465 e. The van der Waals surface area contributed by atoms with Crippen molar-refractivity contribution < 1.29 is 27.8 Å². The maximum Gasteiger partial charge on any atom is 0.573 e. The fourth-order valence-electron chi connectivity index (χ4n) is 1.07. The molecule has 102 valence electrons. The third kappa shape index (κ3) is 5.68. The summed E-state index contributed by atoms with van der Waals surface area (Å²) in [4.78, 5) is 11.4. The molecule has 0 unspecified atom stereocenters. The van der Waals surface area contributed by atoms with Gasteiger partial charge < -0.3 is 14.7 Å². The molecule has 0 bridgehead atoms. The van der Waals surface area contributed by atoms with Crippen molar-refractivity contribution in [1.82, 2.24) is 4.90 Å². The third-order valence-corrected chi connectivity index (χ3v) is 1.96. The van der Waals surface area contributed by atoms with E-state index in [0.29, 0.717) is 5.56 Å². The van der Waals surface area contributed by atoms with Gasteiger partial charge in [0, 0.05) is 12.6 Å². The van der Waals surface area contributed by atoms with E-state index in [1.54, 1.807) is 0 Å². The number of hydrogen-bond acceptors (Lipinski definition) is 2. The van der Waals surface area contributed by atoms with Gasteiger partial charge in [-0.15, -0.1) is 13.2 Å². The van der Waals surface area contributed by atoms with Crippen LogP contribution < -0.4 is 4.74 Å². The van der Waals surface area contributed by atoms with Crippen molar-refractivity contribution in [3.8, 4) is 17.6 Å². The number of halogens is 3. The van der Waals surface area contributed by atoms with E-state index < -0.39 is 12.5 Å². The van der Waals surface area contributed by atoms with Gasteiger partial charge in [0.05, 0.1) is 6.54 Å². The smallest absolute Gasteiger partial charge is 0.465 e. The normalized spacial score (nSPS) is 10.3. The highest BCUT2D eigenvalue weighted by Crippen LogP contribution is 2.22. The van der Waals surface area contributed by atoms with E-state index in [1.807, 2.05) is 0 Å².